The third-order valence-corrected chi connectivity index (χ3v) is 4.92. The number of ketones is 1. The van der Waals surface area contributed by atoms with Crippen molar-refractivity contribution in [1.82, 2.24) is 4.98 Å². The summed E-state index contributed by atoms with van der Waals surface area (Å²) < 4.78 is 24.4. The molecular formula is C20H21N3O3S. The first-order valence-corrected chi connectivity index (χ1v) is 9.98. The molecule has 0 spiro atoms. The second-order valence-electron chi connectivity index (χ2n) is 6.51. The number of carbonyl (C=O) groups is 1. The molecule has 1 unspecified atom stereocenters. The predicted octanol–water partition coefficient (Wildman–Crippen LogP) is 3.32. The number of carbonyl (C=O) groups excluding carboxylic acids is 1. The number of benzene rings is 2. The standard InChI is InChI=1S/C20H21N3O3S/c1-13-3-5-16(6-4-13)20(24)19-12-11-18(22-19)14(2)15-7-9-17(10-8-15)23-27(21,25)26/h3-12,14,22-23H,1-2H3,(H2,21,25,26). The minimum Gasteiger partial charge on any atom is -0.355 e. The van der Waals surface area contributed by atoms with Gasteiger partial charge in [0.2, 0.25) is 5.78 Å². The van der Waals surface area contributed by atoms with Crippen LogP contribution in [0, 0.1) is 6.92 Å². The Balaban J connectivity index is 1.77. The van der Waals surface area contributed by atoms with Crippen LogP contribution in [0.25, 0.3) is 0 Å². The third-order valence-electron chi connectivity index (χ3n) is 4.40. The number of aromatic nitrogens is 1. The van der Waals surface area contributed by atoms with E-state index in [4.69, 9.17) is 5.14 Å². The number of hydrogen-bond donors (Lipinski definition) is 3. The number of aryl methyl sites for hydroxylation is 1. The highest BCUT2D eigenvalue weighted by Gasteiger charge is 2.15. The zero-order valence-corrected chi connectivity index (χ0v) is 15.9. The molecule has 2 aromatic carbocycles. The molecule has 0 radical (unpaired) electrons. The van der Waals surface area contributed by atoms with E-state index in [1.165, 1.54) is 0 Å². The predicted molar refractivity (Wildman–Crippen MR) is 106 cm³/mol. The molecule has 1 atom stereocenters. The Bertz CT molecular complexity index is 1050. The molecule has 140 valence electrons. The van der Waals surface area contributed by atoms with Crippen LogP contribution >= 0.6 is 0 Å². The fourth-order valence-electron chi connectivity index (χ4n) is 2.84. The molecule has 0 bridgehead atoms. The summed E-state index contributed by atoms with van der Waals surface area (Å²) in [5.74, 6) is -0.0470. The van der Waals surface area contributed by atoms with Gasteiger partial charge in [-0.2, -0.15) is 8.42 Å². The van der Waals surface area contributed by atoms with Gasteiger partial charge in [0, 0.05) is 22.9 Å². The topological polar surface area (TPSA) is 105 Å². The molecule has 0 saturated carbocycles. The van der Waals surface area contributed by atoms with E-state index >= 15 is 0 Å². The molecular weight excluding hydrogens is 362 g/mol. The van der Waals surface area contributed by atoms with Crippen LogP contribution in [0.3, 0.4) is 0 Å². The van der Waals surface area contributed by atoms with Crippen molar-refractivity contribution in [3.63, 3.8) is 0 Å². The van der Waals surface area contributed by atoms with Crippen molar-refractivity contribution in [2.75, 3.05) is 4.72 Å². The van der Waals surface area contributed by atoms with E-state index in [1.807, 2.05) is 56.3 Å². The van der Waals surface area contributed by atoms with Gasteiger partial charge in [-0.3, -0.25) is 9.52 Å². The molecule has 7 heteroatoms. The van der Waals surface area contributed by atoms with Crippen molar-refractivity contribution in [2.45, 2.75) is 19.8 Å². The van der Waals surface area contributed by atoms with E-state index in [9.17, 15) is 13.2 Å². The van der Waals surface area contributed by atoms with Crippen molar-refractivity contribution in [1.29, 1.82) is 0 Å². The third kappa shape index (κ3) is 4.64. The lowest BCUT2D eigenvalue weighted by Crippen LogP contribution is -2.21. The summed E-state index contributed by atoms with van der Waals surface area (Å²) in [4.78, 5) is 15.8. The van der Waals surface area contributed by atoms with Crippen molar-refractivity contribution >= 4 is 21.7 Å². The van der Waals surface area contributed by atoms with Gasteiger partial charge in [-0.1, -0.05) is 48.9 Å². The quantitative estimate of drug-likeness (QED) is 0.569. The zero-order valence-electron chi connectivity index (χ0n) is 15.1. The maximum Gasteiger partial charge on any atom is 0.296 e. The SMILES string of the molecule is Cc1ccc(C(=O)c2ccc(C(C)c3ccc(NS(N)(=O)=O)cc3)[nH]2)cc1. The van der Waals surface area contributed by atoms with E-state index < -0.39 is 10.2 Å². The van der Waals surface area contributed by atoms with Gasteiger partial charge in [0.05, 0.1) is 5.69 Å². The highest BCUT2D eigenvalue weighted by atomic mass is 32.2. The summed E-state index contributed by atoms with van der Waals surface area (Å²) >= 11 is 0. The van der Waals surface area contributed by atoms with Crippen molar-refractivity contribution in [3.05, 3.63) is 88.7 Å². The lowest BCUT2D eigenvalue weighted by atomic mass is 9.98. The van der Waals surface area contributed by atoms with Crippen LogP contribution in [0.15, 0.2) is 60.7 Å². The van der Waals surface area contributed by atoms with Gasteiger partial charge in [0.1, 0.15) is 0 Å². The number of anilines is 1. The molecule has 0 aliphatic heterocycles. The minimum absolute atomic E-state index is 0.00750. The fourth-order valence-corrected chi connectivity index (χ4v) is 3.31. The molecule has 3 rings (SSSR count). The molecule has 3 aromatic rings. The Kier molecular flexibility index (Phi) is 5.16. The molecule has 1 aromatic heterocycles. The van der Waals surface area contributed by atoms with Gasteiger partial charge in [0.25, 0.3) is 10.2 Å². The number of rotatable bonds is 6. The van der Waals surface area contributed by atoms with Crippen LogP contribution in [0.5, 0.6) is 0 Å². The molecule has 0 amide bonds. The second-order valence-corrected chi connectivity index (χ2v) is 7.81. The summed E-state index contributed by atoms with van der Waals surface area (Å²) in [6.07, 6.45) is 0. The normalized spacial score (nSPS) is 12.6. The van der Waals surface area contributed by atoms with Gasteiger partial charge in [-0.25, -0.2) is 5.14 Å². The number of nitrogens with one attached hydrogen (secondary N) is 2. The Hall–Kier alpha value is -2.90. The summed E-state index contributed by atoms with van der Waals surface area (Å²) in [6.45, 7) is 3.99. The second kappa shape index (κ2) is 7.38. The summed E-state index contributed by atoms with van der Waals surface area (Å²) in [5.41, 5.74) is 4.56. The molecule has 0 saturated heterocycles. The van der Waals surface area contributed by atoms with E-state index in [0.717, 1.165) is 16.8 Å². The molecule has 0 aliphatic carbocycles. The maximum atomic E-state index is 12.6. The summed E-state index contributed by atoms with van der Waals surface area (Å²) in [7, 11) is -3.79. The van der Waals surface area contributed by atoms with Crippen LogP contribution in [-0.2, 0) is 10.2 Å². The Labute approximate surface area is 158 Å². The van der Waals surface area contributed by atoms with E-state index in [1.54, 1.807) is 18.2 Å². The highest BCUT2D eigenvalue weighted by molar-refractivity contribution is 7.90. The average molecular weight is 383 g/mol. The van der Waals surface area contributed by atoms with Crippen molar-refractivity contribution in [2.24, 2.45) is 5.14 Å². The van der Waals surface area contributed by atoms with Gasteiger partial charge >= 0.3 is 0 Å². The van der Waals surface area contributed by atoms with Crippen LogP contribution in [-0.4, -0.2) is 19.2 Å². The first kappa shape index (κ1) is 18.9. The number of aromatic amines is 1. The molecule has 6 nitrogen and oxygen atoms in total. The van der Waals surface area contributed by atoms with Crippen molar-refractivity contribution < 1.29 is 13.2 Å². The van der Waals surface area contributed by atoms with E-state index in [2.05, 4.69) is 9.71 Å². The highest BCUT2D eigenvalue weighted by Crippen LogP contribution is 2.25. The van der Waals surface area contributed by atoms with Gasteiger partial charge in [0.15, 0.2) is 0 Å². The first-order valence-electron chi connectivity index (χ1n) is 8.44. The van der Waals surface area contributed by atoms with Crippen LogP contribution in [0.1, 0.15) is 45.7 Å². The van der Waals surface area contributed by atoms with Crippen LogP contribution in [0.2, 0.25) is 0 Å². The minimum atomic E-state index is -3.79. The van der Waals surface area contributed by atoms with E-state index in [0.29, 0.717) is 16.9 Å². The molecule has 0 aliphatic rings. The largest absolute Gasteiger partial charge is 0.355 e. The fraction of sp³-hybridized carbons (Fsp3) is 0.150. The molecule has 27 heavy (non-hydrogen) atoms. The Morgan fingerprint density at radius 2 is 1.63 bits per heavy atom. The Morgan fingerprint density at radius 1 is 1.00 bits per heavy atom. The van der Waals surface area contributed by atoms with Gasteiger partial charge in [-0.05, 0) is 36.8 Å². The smallest absolute Gasteiger partial charge is 0.296 e. The monoisotopic (exact) mass is 383 g/mol. The lowest BCUT2D eigenvalue weighted by Gasteiger charge is -2.11. The molecule has 1 heterocycles. The molecule has 0 fully saturated rings. The summed E-state index contributed by atoms with van der Waals surface area (Å²) in [5, 5.41) is 4.97. The number of H-pyrrole nitrogens is 1. The number of hydrogen-bond acceptors (Lipinski definition) is 3. The van der Waals surface area contributed by atoms with Crippen molar-refractivity contribution in [3.8, 4) is 0 Å². The molecule has 4 N–H and O–H groups in total. The average Bonchev–Trinajstić information content (AvgIpc) is 3.10. The lowest BCUT2D eigenvalue weighted by molar-refractivity contribution is 0.103. The number of nitrogens with two attached hydrogens (primary N) is 1. The van der Waals surface area contributed by atoms with Crippen LogP contribution < -0.4 is 9.86 Å². The maximum absolute atomic E-state index is 12.6. The Morgan fingerprint density at radius 3 is 2.22 bits per heavy atom. The van der Waals surface area contributed by atoms with Crippen LogP contribution in [0.4, 0.5) is 5.69 Å². The van der Waals surface area contributed by atoms with Gasteiger partial charge in [-0.15, -0.1) is 0 Å². The summed E-state index contributed by atoms with van der Waals surface area (Å²) in [6, 6.07) is 18.1. The van der Waals surface area contributed by atoms with E-state index in [-0.39, 0.29) is 11.7 Å². The zero-order chi connectivity index (χ0) is 19.6. The first-order chi connectivity index (χ1) is 12.7. The van der Waals surface area contributed by atoms with Gasteiger partial charge < -0.3 is 4.98 Å².